The normalized spacial score (nSPS) is 11.2. The lowest BCUT2D eigenvalue weighted by molar-refractivity contribution is -0.137. The third-order valence-electron chi connectivity index (χ3n) is 3.74. The second kappa shape index (κ2) is 9.25. The number of urea groups is 1. The number of nitrogens with one attached hydrogen (secondary N) is 2. The molecule has 0 atom stereocenters. The summed E-state index contributed by atoms with van der Waals surface area (Å²) in [5.74, 6) is 0.236. The molecule has 1 heterocycles. The number of carbonyl (C=O) groups excluding carboxylic acids is 2. The molecule has 0 aliphatic rings. The highest BCUT2D eigenvalue weighted by molar-refractivity contribution is 5.96. The number of halogens is 3. The molecule has 28 heavy (non-hydrogen) atoms. The van der Waals surface area contributed by atoms with E-state index in [1.54, 1.807) is 6.92 Å². The number of alkyl halides is 3. The predicted molar refractivity (Wildman–Crippen MR) is 96.8 cm³/mol. The van der Waals surface area contributed by atoms with E-state index in [0.29, 0.717) is 12.2 Å². The number of hydrogen-bond donors (Lipinski definition) is 2. The number of hydrogen-bond acceptors (Lipinski definition) is 4. The van der Waals surface area contributed by atoms with Crippen LogP contribution in [0.25, 0.3) is 0 Å². The van der Waals surface area contributed by atoms with Gasteiger partial charge in [0.1, 0.15) is 12.3 Å². The first-order chi connectivity index (χ1) is 13.2. The van der Waals surface area contributed by atoms with Gasteiger partial charge in [0, 0.05) is 18.3 Å². The van der Waals surface area contributed by atoms with Crippen LogP contribution < -0.4 is 10.6 Å². The van der Waals surface area contributed by atoms with Gasteiger partial charge in [-0.3, -0.25) is 4.79 Å². The SMILES string of the molecule is CCCCN(CC(=O)Nc1cc(C)on1)C(=O)Nc1cccc(C(F)(F)F)c1. The molecule has 3 amide bonds. The molecule has 7 nitrogen and oxygen atoms in total. The molecular weight excluding hydrogens is 377 g/mol. The highest BCUT2D eigenvalue weighted by atomic mass is 19.4. The summed E-state index contributed by atoms with van der Waals surface area (Å²) in [4.78, 5) is 25.9. The first kappa shape index (κ1) is 21.3. The van der Waals surface area contributed by atoms with E-state index in [4.69, 9.17) is 4.52 Å². The van der Waals surface area contributed by atoms with Gasteiger partial charge in [-0.05, 0) is 31.5 Å². The van der Waals surface area contributed by atoms with E-state index >= 15 is 0 Å². The first-order valence-electron chi connectivity index (χ1n) is 8.65. The zero-order chi connectivity index (χ0) is 20.7. The second-order valence-corrected chi connectivity index (χ2v) is 6.15. The molecule has 2 rings (SSSR count). The van der Waals surface area contributed by atoms with E-state index < -0.39 is 23.7 Å². The van der Waals surface area contributed by atoms with E-state index in [2.05, 4.69) is 15.8 Å². The van der Waals surface area contributed by atoms with Crippen molar-refractivity contribution in [2.24, 2.45) is 0 Å². The summed E-state index contributed by atoms with van der Waals surface area (Å²) in [6, 6.07) is 5.17. The van der Waals surface area contributed by atoms with E-state index in [-0.39, 0.29) is 24.6 Å². The summed E-state index contributed by atoms with van der Waals surface area (Å²) in [5.41, 5.74) is -0.876. The van der Waals surface area contributed by atoms with Crippen LogP contribution in [-0.4, -0.2) is 35.1 Å². The molecule has 10 heteroatoms. The molecule has 0 aliphatic heterocycles. The van der Waals surface area contributed by atoms with E-state index in [1.165, 1.54) is 23.1 Å². The molecule has 0 bridgehead atoms. The minimum Gasteiger partial charge on any atom is -0.360 e. The van der Waals surface area contributed by atoms with Gasteiger partial charge in [-0.25, -0.2) is 4.79 Å². The molecule has 152 valence electrons. The summed E-state index contributed by atoms with van der Waals surface area (Å²) in [5, 5.41) is 8.55. The zero-order valence-corrected chi connectivity index (χ0v) is 15.5. The molecule has 0 fully saturated rings. The van der Waals surface area contributed by atoms with Crippen LogP contribution in [0.4, 0.5) is 29.5 Å². The summed E-state index contributed by atoms with van der Waals surface area (Å²) in [6.07, 6.45) is -3.11. The Kier molecular flexibility index (Phi) is 7.02. The maximum absolute atomic E-state index is 12.8. The second-order valence-electron chi connectivity index (χ2n) is 6.15. The minimum atomic E-state index is -4.52. The van der Waals surface area contributed by atoms with Crippen LogP contribution >= 0.6 is 0 Å². The molecule has 2 N–H and O–H groups in total. The Balaban J connectivity index is 2.04. The standard InChI is InChI=1S/C18H21F3N4O3/c1-3-4-8-25(11-16(26)23-15-9-12(2)28-24-15)17(27)22-14-7-5-6-13(10-14)18(19,20)21/h5-7,9-10H,3-4,8,11H2,1-2H3,(H,22,27)(H,23,24,26). The van der Waals surface area contributed by atoms with Gasteiger partial charge in [-0.1, -0.05) is 24.6 Å². The topological polar surface area (TPSA) is 87.5 Å². The third-order valence-corrected chi connectivity index (χ3v) is 3.74. The van der Waals surface area contributed by atoms with Gasteiger partial charge in [0.05, 0.1) is 5.56 Å². The molecule has 2 aromatic rings. The molecule has 0 saturated heterocycles. The molecule has 0 unspecified atom stereocenters. The molecule has 0 spiro atoms. The van der Waals surface area contributed by atoms with Crippen LogP contribution in [0.5, 0.6) is 0 Å². The number of rotatable bonds is 7. The highest BCUT2D eigenvalue weighted by Crippen LogP contribution is 2.30. The number of aryl methyl sites for hydroxylation is 1. The number of amides is 3. The molecule has 0 aliphatic carbocycles. The number of aromatic nitrogens is 1. The lowest BCUT2D eigenvalue weighted by Gasteiger charge is -2.22. The van der Waals surface area contributed by atoms with Crippen molar-refractivity contribution >= 4 is 23.4 Å². The third kappa shape index (κ3) is 6.29. The molecule has 1 aromatic carbocycles. The van der Waals surface area contributed by atoms with Crippen molar-refractivity contribution in [3.05, 3.63) is 41.7 Å². The average Bonchev–Trinajstić information content (AvgIpc) is 3.02. The first-order valence-corrected chi connectivity index (χ1v) is 8.65. The Bertz CT molecular complexity index is 820. The fourth-order valence-corrected chi connectivity index (χ4v) is 2.36. The van der Waals surface area contributed by atoms with Crippen molar-refractivity contribution in [1.29, 1.82) is 0 Å². The lowest BCUT2D eigenvalue weighted by atomic mass is 10.2. The van der Waals surface area contributed by atoms with E-state index in [1.807, 2.05) is 6.92 Å². The van der Waals surface area contributed by atoms with Crippen molar-refractivity contribution in [2.45, 2.75) is 32.9 Å². The smallest absolute Gasteiger partial charge is 0.360 e. The summed E-state index contributed by atoms with van der Waals surface area (Å²) in [6.45, 7) is 3.57. The largest absolute Gasteiger partial charge is 0.416 e. The van der Waals surface area contributed by atoms with Gasteiger partial charge >= 0.3 is 12.2 Å². The Labute approximate surface area is 159 Å². The number of benzene rings is 1. The van der Waals surface area contributed by atoms with Crippen molar-refractivity contribution in [3.63, 3.8) is 0 Å². The van der Waals surface area contributed by atoms with Crippen molar-refractivity contribution in [2.75, 3.05) is 23.7 Å². The summed E-state index contributed by atoms with van der Waals surface area (Å²) >= 11 is 0. The van der Waals surface area contributed by atoms with E-state index in [0.717, 1.165) is 18.6 Å². The zero-order valence-electron chi connectivity index (χ0n) is 15.5. The van der Waals surface area contributed by atoms with E-state index in [9.17, 15) is 22.8 Å². The Morgan fingerprint density at radius 1 is 1.21 bits per heavy atom. The van der Waals surface area contributed by atoms with Crippen LogP contribution in [0, 0.1) is 6.92 Å². The summed E-state index contributed by atoms with van der Waals surface area (Å²) in [7, 11) is 0. The number of anilines is 2. The average molecular weight is 398 g/mol. The minimum absolute atomic E-state index is 0.00569. The number of carbonyl (C=O) groups is 2. The summed E-state index contributed by atoms with van der Waals surface area (Å²) < 4.78 is 43.3. The predicted octanol–water partition coefficient (Wildman–Crippen LogP) is 4.27. The Morgan fingerprint density at radius 2 is 1.96 bits per heavy atom. The van der Waals surface area contributed by atoms with Gasteiger partial charge in [0.25, 0.3) is 0 Å². The van der Waals surface area contributed by atoms with Gasteiger partial charge in [-0.2, -0.15) is 13.2 Å². The van der Waals surface area contributed by atoms with Crippen LogP contribution in [0.1, 0.15) is 31.1 Å². The Morgan fingerprint density at radius 3 is 2.57 bits per heavy atom. The quantitative estimate of drug-likeness (QED) is 0.729. The maximum Gasteiger partial charge on any atom is 0.416 e. The molecular formula is C18H21F3N4O3. The van der Waals surface area contributed by atoms with Crippen LogP contribution in [-0.2, 0) is 11.0 Å². The van der Waals surface area contributed by atoms with Gasteiger partial charge < -0.3 is 20.1 Å². The van der Waals surface area contributed by atoms with Crippen molar-refractivity contribution in [1.82, 2.24) is 10.1 Å². The highest BCUT2D eigenvalue weighted by Gasteiger charge is 2.30. The lowest BCUT2D eigenvalue weighted by Crippen LogP contribution is -2.41. The molecule has 1 aromatic heterocycles. The van der Waals surface area contributed by atoms with Gasteiger partial charge in [0.15, 0.2) is 5.82 Å². The number of nitrogens with zero attached hydrogens (tertiary/aromatic N) is 2. The van der Waals surface area contributed by atoms with Crippen LogP contribution in [0.2, 0.25) is 0 Å². The van der Waals surface area contributed by atoms with Gasteiger partial charge in [0.2, 0.25) is 5.91 Å². The fraction of sp³-hybridized carbons (Fsp3) is 0.389. The molecule has 0 radical (unpaired) electrons. The van der Waals surface area contributed by atoms with Crippen molar-refractivity contribution < 1.29 is 27.3 Å². The monoisotopic (exact) mass is 398 g/mol. The van der Waals surface area contributed by atoms with Gasteiger partial charge in [-0.15, -0.1) is 0 Å². The van der Waals surface area contributed by atoms with Crippen LogP contribution in [0.3, 0.4) is 0 Å². The molecule has 0 saturated carbocycles. The number of unbranched alkanes of at least 4 members (excludes halogenated alkanes) is 1. The fourth-order valence-electron chi connectivity index (χ4n) is 2.36. The maximum atomic E-state index is 12.8. The van der Waals surface area contributed by atoms with Crippen molar-refractivity contribution in [3.8, 4) is 0 Å². The van der Waals surface area contributed by atoms with Crippen LogP contribution in [0.15, 0.2) is 34.9 Å². The Hall–Kier alpha value is -3.04.